The van der Waals surface area contributed by atoms with E-state index in [4.69, 9.17) is 5.11 Å². The average Bonchev–Trinajstić information content (AvgIpc) is 2.47. The number of carboxylic acids is 1. The number of carboxylic acid groups (broad SMARTS) is 1. The molecule has 0 aliphatic heterocycles. The van der Waals surface area contributed by atoms with Crippen LogP contribution in [0.3, 0.4) is 0 Å². The molecule has 2 rings (SSSR count). The van der Waals surface area contributed by atoms with Crippen molar-refractivity contribution in [2.24, 2.45) is 0 Å². The number of hydrogen-bond acceptors (Lipinski definition) is 3. The number of rotatable bonds is 4. The summed E-state index contributed by atoms with van der Waals surface area (Å²) >= 11 is 0. The lowest BCUT2D eigenvalue weighted by Crippen LogP contribution is -2.27. The molecule has 0 spiro atoms. The number of amides is 1. The molecule has 0 saturated carbocycles. The van der Waals surface area contributed by atoms with Crippen LogP contribution >= 0.6 is 0 Å². The van der Waals surface area contributed by atoms with Crippen molar-refractivity contribution in [1.82, 2.24) is 4.98 Å². The maximum Gasteiger partial charge on any atom is 0.335 e. The predicted molar refractivity (Wildman–Crippen MR) is 74.8 cm³/mol. The standard InChI is InChI=1S/C15H14N2O3/c1-17(13-6-4-12(5-7-13)15(19)20)14(18)9-11-3-2-8-16-10-11/h2-8,10H,9H2,1H3,(H,19,20). The van der Waals surface area contributed by atoms with E-state index in [2.05, 4.69) is 4.98 Å². The highest BCUT2D eigenvalue weighted by atomic mass is 16.4. The van der Waals surface area contributed by atoms with E-state index >= 15 is 0 Å². The third kappa shape index (κ3) is 3.20. The first-order valence-corrected chi connectivity index (χ1v) is 6.07. The number of hydrogen-bond donors (Lipinski definition) is 1. The van der Waals surface area contributed by atoms with Crippen LogP contribution in [-0.4, -0.2) is 29.0 Å². The minimum atomic E-state index is -0.985. The van der Waals surface area contributed by atoms with Crippen molar-refractivity contribution in [2.75, 3.05) is 11.9 Å². The molecule has 0 radical (unpaired) electrons. The summed E-state index contributed by atoms with van der Waals surface area (Å²) in [4.78, 5) is 28.3. The second kappa shape index (κ2) is 5.97. The van der Waals surface area contributed by atoms with Gasteiger partial charge in [-0.3, -0.25) is 9.78 Å². The van der Waals surface area contributed by atoms with Crippen molar-refractivity contribution >= 4 is 17.6 Å². The summed E-state index contributed by atoms with van der Waals surface area (Å²) in [5.41, 5.74) is 1.69. The molecular weight excluding hydrogens is 256 g/mol. The summed E-state index contributed by atoms with van der Waals surface area (Å²) in [6.07, 6.45) is 3.56. The number of carbonyl (C=O) groups is 2. The van der Waals surface area contributed by atoms with Crippen LogP contribution in [0, 0.1) is 0 Å². The van der Waals surface area contributed by atoms with Crippen LogP contribution in [0.2, 0.25) is 0 Å². The minimum absolute atomic E-state index is 0.0823. The first kappa shape index (κ1) is 13.7. The van der Waals surface area contributed by atoms with E-state index in [9.17, 15) is 9.59 Å². The van der Waals surface area contributed by atoms with Crippen LogP contribution in [0.15, 0.2) is 48.8 Å². The quantitative estimate of drug-likeness (QED) is 0.922. The van der Waals surface area contributed by atoms with Crippen LogP contribution in [-0.2, 0) is 11.2 Å². The van der Waals surface area contributed by atoms with Crippen molar-refractivity contribution in [3.8, 4) is 0 Å². The predicted octanol–water partition coefficient (Wildman–Crippen LogP) is 1.99. The van der Waals surface area contributed by atoms with Gasteiger partial charge in [-0.15, -0.1) is 0 Å². The van der Waals surface area contributed by atoms with Gasteiger partial charge in [0, 0.05) is 25.1 Å². The number of nitrogens with zero attached hydrogens (tertiary/aromatic N) is 2. The number of anilines is 1. The molecule has 1 amide bonds. The molecule has 0 bridgehead atoms. The van der Waals surface area contributed by atoms with Crippen LogP contribution in [0.25, 0.3) is 0 Å². The first-order chi connectivity index (χ1) is 9.58. The smallest absolute Gasteiger partial charge is 0.335 e. The Morgan fingerprint density at radius 3 is 2.45 bits per heavy atom. The van der Waals surface area contributed by atoms with Crippen molar-refractivity contribution in [1.29, 1.82) is 0 Å². The number of likely N-dealkylation sites (N-methyl/N-ethyl adjacent to an activating group) is 1. The molecule has 5 heteroatoms. The van der Waals surface area contributed by atoms with Gasteiger partial charge in [0.1, 0.15) is 0 Å². The van der Waals surface area contributed by atoms with Gasteiger partial charge in [-0.1, -0.05) is 6.07 Å². The highest BCUT2D eigenvalue weighted by molar-refractivity contribution is 5.95. The van der Waals surface area contributed by atoms with E-state index in [0.29, 0.717) is 5.69 Å². The average molecular weight is 270 g/mol. The Hall–Kier alpha value is -2.69. The molecule has 2 aromatic rings. The van der Waals surface area contributed by atoms with Crippen LogP contribution in [0.5, 0.6) is 0 Å². The molecule has 0 saturated heterocycles. The molecule has 0 aliphatic rings. The summed E-state index contributed by atoms with van der Waals surface area (Å²) in [7, 11) is 1.66. The molecule has 0 fully saturated rings. The van der Waals surface area contributed by atoms with E-state index in [0.717, 1.165) is 5.56 Å². The van der Waals surface area contributed by atoms with E-state index in [1.807, 2.05) is 6.07 Å². The molecule has 1 N–H and O–H groups in total. The van der Waals surface area contributed by atoms with Gasteiger partial charge in [0.15, 0.2) is 0 Å². The number of pyridine rings is 1. The number of carbonyl (C=O) groups excluding carboxylic acids is 1. The topological polar surface area (TPSA) is 70.5 Å². The first-order valence-electron chi connectivity index (χ1n) is 6.07. The Kier molecular flexibility index (Phi) is 4.10. The second-order valence-electron chi connectivity index (χ2n) is 4.34. The van der Waals surface area contributed by atoms with E-state index in [1.54, 1.807) is 37.6 Å². The van der Waals surface area contributed by atoms with Crippen molar-refractivity contribution < 1.29 is 14.7 Å². The SMILES string of the molecule is CN(C(=O)Cc1cccnc1)c1ccc(C(=O)O)cc1. The zero-order valence-corrected chi connectivity index (χ0v) is 11.0. The summed E-state index contributed by atoms with van der Waals surface area (Å²) in [6.45, 7) is 0. The molecule has 0 aliphatic carbocycles. The van der Waals surface area contributed by atoms with Gasteiger partial charge in [-0.25, -0.2) is 4.79 Å². The highest BCUT2D eigenvalue weighted by Crippen LogP contribution is 2.15. The Labute approximate surface area is 116 Å². The number of benzene rings is 1. The lowest BCUT2D eigenvalue weighted by Gasteiger charge is -2.17. The van der Waals surface area contributed by atoms with Crippen molar-refractivity contribution in [2.45, 2.75) is 6.42 Å². The van der Waals surface area contributed by atoms with Gasteiger partial charge in [0.2, 0.25) is 5.91 Å². The second-order valence-corrected chi connectivity index (χ2v) is 4.34. The Morgan fingerprint density at radius 1 is 1.20 bits per heavy atom. The minimum Gasteiger partial charge on any atom is -0.478 e. The third-order valence-corrected chi connectivity index (χ3v) is 2.95. The van der Waals surface area contributed by atoms with E-state index in [-0.39, 0.29) is 17.9 Å². The van der Waals surface area contributed by atoms with Gasteiger partial charge < -0.3 is 10.0 Å². The fourth-order valence-corrected chi connectivity index (χ4v) is 1.77. The van der Waals surface area contributed by atoms with Crippen LogP contribution < -0.4 is 4.90 Å². The highest BCUT2D eigenvalue weighted by Gasteiger charge is 2.12. The van der Waals surface area contributed by atoms with Gasteiger partial charge in [-0.2, -0.15) is 0 Å². The summed E-state index contributed by atoms with van der Waals surface area (Å²) in [6, 6.07) is 9.81. The molecule has 1 aromatic heterocycles. The normalized spacial score (nSPS) is 10.1. The fourth-order valence-electron chi connectivity index (χ4n) is 1.77. The fraction of sp³-hybridized carbons (Fsp3) is 0.133. The molecule has 5 nitrogen and oxygen atoms in total. The monoisotopic (exact) mass is 270 g/mol. The molecule has 20 heavy (non-hydrogen) atoms. The van der Waals surface area contributed by atoms with Gasteiger partial charge in [0.25, 0.3) is 0 Å². The molecule has 0 atom stereocenters. The number of aromatic nitrogens is 1. The summed E-state index contributed by atoms with van der Waals surface area (Å²) in [5, 5.41) is 8.83. The zero-order chi connectivity index (χ0) is 14.5. The van der Waals surface area contributed by atoms with Gasteiger partial charge >= 0.3 is 5.97 Å². The maximum absolute atomic E-state index is 12.1. The largest absolute Gasteiger partial charge is 0.478 e. The third-order valence-electron chi connectivity index (χ3n) is 2.95. The van der Waals surface area contributed by atoms with E-state index in [1.165, 1.54) is 17.0 Å². The lowest BCUT2D eigenvalue weighted by atomic mass is 10.1. The number of aromatic carboxylic acids is 1. The Balaban J connectivity index is 2.08. The van der Waals surface area contributed by atoms with E-state index < -0.39 is 5.97 Å². The van der Waals surface area contributed by atoms with Crippen LogP contribution in [0.1, 0.15) is 15.9 Å². The molecule has 0 unspecified atom stereocenters. The van der Waals surface area contributed by atoms with Crippen molar-refractivity contribution in [3.63, 3.8) is 0 Å². The van der Waals surface area contributed by atoms with Gasteiger partial charge in [0.05, 0.1) is 12.0 Å². The molecule has 1 aromatic carbocycles. The lowest BCUT2D eigenvalue weighted by molar-refractivity contribution is -0.117. The molecular formula is C15H14N2O3. The zero-order valence-electron chi connectivity index (χ0n) is 11.0. The van der Waals surface area contributed by atoms with Crippen molar-refractivity contribution in [3.05, 3.63) is 59.9 Å². The Morgan fingerprint density at radius 2 is 1.90 bits per heavy atom. The molecule has 102 valence electrons. The summed E-state index contributed by atoms with van der Waals surface area (Å²) in [5.74, 6) is -1.07. The summed E-state index contributed by atoms with van der Waals surface area (Å²) < 4.78 is 0. The van der Waals surface area contributed by atoms with Crippen LogP contribution in [0.4, 0.5) is 5.69 Å². The Bertz CT molecular complexity index is 609. The van der Waals surface area contributed by atoms with Gasteiger partial charge in [-0.05, 0) is 35.9 Å². The molecule has 1 heterocycles. The maximum atomic E-state index is 12.1.